The summed E-state index contributed by atoms with van der Waals surface area (Å²) in [6.45, 7) is 3.35. The number of halogens is 4. The van der Waals surface area contributed by atoms with Crippen LogP contribution in [0.5, 0.6) is 11.5 Å². The van der Waals surface area contributed by atoms with E-state index in [0.29, 0.717) is 38.9 Å². The lowest BCUT2D eigenvalue weighted by atomic mass is 10.1. The summed E-state index contributed by atoms with van der Waals surface area (Å²) in [4.78, 5) is 28.3. The number of ether oxygens (including phenoxy) is 2. The molecular formula is C24H19F4N3O4S. The van der Waals surface area contributed by atoms with Gasteiger partial charge in [0.25, 0.3) is 11.1 Å². The number of thioether (sulfide) groups is 1. The number of carbonyl (C=O) groups excluding carboxylic acids is 2. The molecule has 0 atom stereocenters. The monoisotopic (exact) mass is 521 g/mol. The molecule has 2 saturated heterocycles. The quantitative estimate of drug-likeness (QED) is 0.396. The minimum atomic E-state index is -4.82. The molecule has 0 saturated carbocycles. The van der Waals surface area contributed by atoms with Gasteiger partial charge in [-0.15, -0.1) is 0 Å². The average Bonchev–Trinajstić information content (AvgIpc) is 3.11. The number of hydrogen-bond donors (Lipinski definition) is 0. The standard InChI is InChI=1S/C24H19F4N3O4S/c25-18-12-15(1-4-20(18)35-19-3-2-16(14-29)11-17(19)24(26,27)28)13-21-22(32)31(23(33)36-21)6-5-30-7-9-34-10-8-30/h1-4,11-13H,5-10H2/b21-13-. The van der Waals surface area contributed by atoms with Crippen LogP contribution < -0.4 is 4.74 Å². The van der Waals surface area contributed by atoms with E-state index in [1.165, 1.54) is 12.1 Å². The maximum Gasteiger partial charge on any atom is 0.420 e. The van der Waals surface area contributed by atoms with Gasteiger partial charge in [0.2, 0.25) is 0 Å². The zero-order valence-corrected chi connectivity index (χ0v) is 19.5. The summed E-state index contributed by atoms with van der Waals surface area (Å²) in [6.07, 6.45) is -3.47. The molecule has 2 aliphatic heterocycles. The van der Waals surface area contributed by atoms with Gasteiger partial charge in [-0.2, -0.15) is 18.4 Å². The van der Waals surface area contributed by atoms with Gasteiger partial charge in [-0.25, -0.2) is 4.39 Å². The van der Waals surface area contributed by atoms with Crippen LogP contribution in [0, 0.1) is 17.1 Å². The van der Waals surface area contributed by atoms with Crippen molar-refractivity contribution in [2.75, 3.05) is 39.4 Å². The first kappa shape index (κ1) is 25.7. The summed E-state index contributed by atoms with van der Waals surface area (Å²) in [6, 6.07) is 7.80. The SMILES string of the molecule is N#Cc1ccc(Oc2ccc(/C=C3\SC(=O)N(CCN4CCOCC4)C3=O)cc2F)c(C(F)(F)F)c1. The highest BCUT2D eigenvalue weighted by Crippen LogP contribution is 2.39. The van der Waals surface area contributed by atoms with Crippen LogP contribution in [-0.2, 0) is 15.7 Å². The van der Waals surface area contributed by atoms with Crippen LogP contribution in [-0.4, -0.2) is 60.3 Å². The van der Waals surface area contributed by atoms with Gasteiger partial charge in [-0.3, -0.25) is 19.4 Å². The third kappa shape index (κ3) is 5.87. The van der Waals surface area contributed by atoms with Gasteiger partial charge in [0, 0.05) is 26.2 Å². The Kier molecular flexibility index (Phi) is 7.63. The molecular weight excluding hydrogens is 502 g/mol. The minimum absolute atomic E-state index is 0.112. The highest BCUT2D eigenvalue weighted by Gasteiger charge is 2.36. The normalized spacial score (nSPS) is 18.1. The molecule has 0 unspecified atom stereocenters. The molecule has 0 aromatic heterocycles. The van der Waals surface area contributed by atoms with E-state index in [1.807, 2.05) is 0 Å². The molecule has 0 N–H and O–H groups in total. The van der Waals surface area contributed by atoms with Crippen LogP contribution >= 0.6 is 11.8 Å². The van der Waals surface area contributed by atoms with E-state index in [1.54, 1.807) is 6.07 Å². The number of rotatable bonds is 6. The lowest BCUT2D eigenvalue weighted by molar-refractivity contribution is -0.138. The van der Waals surface area contributed by atoms with E-state index in [0.717, 1.165) is 40.9 Å². The van der Waals surface area contributed by atoms with E-state index in [-0.39, 0.29) is 22.6 Å². The first-order valence-corrected chi connectivity index (χ1v) is 11.6. The minimum Gasteiger partial charge on any atom is -0.454 e. The number of alkyl halides is 3. The zero-order valence-electron chi connectivity index (χ0n) is 18.7. The fourth-order valence-electron chi connectivity index (χ4n) is 3.63. The molecule has 2 aliphatic rings. The van der Waals surface area contributed by atoms with Crippen LogP contribution in [0.3, 0.4) is 0 Å². The fraction of sp³-hybridized carbons (Fsp3) is 0.292. The number of imide groups is 1. The largest absolute Gasteiger partial charge is 0.454 e. The number of morpholine rings is 1. The van der Waals surface area contributed by atoms with Crippen molar-refractivity contribution in [3.05, 3.63) is 63.8 Å². The molecule has 36 heavy (non-hydrogen) atoms. The third-order valence-electron chi connectivity index (χ3n) is 5.50. The summed E-state index contributed by atoms with van der Waals surface area (Å²) in [5.74, 6) is -2.59. The summed E-state index contributed by atoms with van der Waals surface area (Å²) < 4.78 is 65.2. The number of amides is 2. The smallest absolute Gasteiger partial charge is 0.420 e. The number of nitriles is 1. The average molecular weight is 521 g/mol. The molecule has 2 amide bonds. The first-order chi connectivity index (χ1) is 17.2. The molecule has 2 aromatic rings. The molecule has 4 rings (SSSR count). The van der Waals surface area contributed by atoms with Crippen molar-refractivity contribution in [3.63, 3.8) is 0 Å². The summed E-state index contributed by atoms with van der Waals surface area (Å²) >= 11 is 0.734. The zero-order chi connectivity index (χ0) is 25.9. The lowest BCUT2D eigenvalue weighted by Gasteiger charge is -2.27. The Morgan fingerprint density at radius 3 is 2.47 bits per heavy atom. The number of hydrogen-bond acceptors (Lipinski definition) is 7. The predicted octanol–water partition coefficient (Wildman–Crippen LogP) is 4.88. The molecule has 7 nitrogen and oxygen atoms in total. The molecule has 0 aliphatic carbocycles. The fourth-order valence-corrected chi connectivity index (χ4v) is 4.49. The second kappa shape index (κ2) is 10.7. The summed E-state index contributed by atoms with van der Waals surface area (Å²) in [7, 11) is 0. The Balaban J connectivity index is 1.48. The van der Waals surface area contributed by atoms with Crippen molar-refractivity contribution >= 4 is 29.0 Å². The first-order valence-electron chi connectivity index (χ1n) is 10.8. The van der Waals surface area contributed by atoms with Crippen molar-refractivity contribution in [1.29, 1.82) is 5.26 Å². The van der Waals surface area contributed by atoms with Gasteiger partial charge in [-0.1, -0.05) is 6.07 Å². The van der Waals surface area contributed by atoms with E-state index < -0.39 is 40.2 Å². The van der Waals surface area contributed by atoms with Crippen LogP contribution in [0.15, 0.2) is 41.3 Å². The van der Waals surface area contributed by atoms with Gasteiger partial charge in [-0.05, 0) is 53.7 Å². The lowest BCUT2D eigenvalue weighted by Crippen LogP contribution is -2.42. The molecule has 2 heterocycles. The molecule has 188 valence electrons. The Morgan fingerprint density at radius 2 is 1.81 bits per heavy atom. The molecule has 2 fully saturated rings. The van der Waals surface area contributed by atoms with Gasteiger partial charge >= 0.3 is 6.18 Å². The van der Waals surface area contributed by atoms with Crippen molar-refractivity contribution in [2.24, 2.45) is 0 Å². The van der Waals surface area contributed by atoms with Crippen molar-refractivity contribution in [2.45, 2.75) is 6.18 Å². The van der Waals surface area contributed by atoms with Crippen molar-refractivity contribution in [3.8, 4) is 17.6 Å². The molecule has 0 bridgehead atoms. The van der Waals surface area contributed by atoms with Crippen LogP contribution in [0.25, 0.3) is 6.08 Å². The number of carbonyl (C=O) groups is 2. The number of nitrogens with zero attached hydrogens (tertiary/aromatic N) is 3. The van der Waals surface area contributed by atoms with E-state index in [9.17, 15) is 27.2 Å². The summed E-state index contributed by atoms with van der Waals surface area (Å²) in [5.41, 5.74) is -1.20. The second-order valence-electron chi connectivity index (χ2n) is 7.90. The van der Waals surface area contributed by atoms with Crippen LogP contribution in [0.4, 0.5) is 22.4 Å². The van der Waals surface area contributed by atoms with Crippen molar-refractivity contribution in [1.82, 2.24) is 9.80 Å². The van der Waals surface area contributed by atoms with Gasteiger partial charge in [0.05, 0.1) is 35.3 Å². The van der Waals surface area contributed by atoms with Gasteiger partial charge in [0.1, 0.15) is 5.75 Å². The highest BCUT2D eigenvalue weighted by molar-refractivity contribution is 8.18. The number of benzene rings is 2. The molecule has 0 radical (unpaired) electrons. The maximum absolute atomic E-state index is 14.7. The molecule has 12 heteroatoms. The Morgan fingerprint density at radius 1 is 1.08 bits per heavy atom. The van der Waals surface area contributed by atoms with E-state index >= 15 is 0 Å². The third-order valence-corrected chi connectivity index (χ3v) is 6.41. The van der Waals surface area contributed by atoms with Crippen molar-refractivity contribution < 1.29 is 36.6 Å². The summed E-state index contributed by atoms with van der Waals surface area (Å²) in [5, 5.41) is 8.43. The van der Waals surface area contributed by atoms with Crippen LogP contribution in [0.2, 0.25) is 0 Å². The van der Waals surface area contributed by atoms with Gasteiger partial charge < -0.3 is 9.47 Å². The van der Waals surface area contributed by atoms with Gasteiger partial charge in [0.15, 0.2) is 11.6 Å². The van der Waals surface area contributed by atoms with E-state index in [4.69, 9.17) is 14.7 Å². The Hall–Kier alpha value is -3.40. The van der Waals surface area contributed by atoms with Crippen LogP contribution in [0.1, 0.15) is 16.7 Å². The second-order valence-corrected chi connectivity index (χ2v) is 8.89. The highest BCUT2D eigenvalue weighted by atomic mass is 32.2. The topological polar surface area (TPSA) is 82.9 Å². The molecule has 2 aromatic carbocycles. The predicted molar refractivity (Wildman–Crippen MR) is 123 cm³/mol. The Bertz CT molecular complexity index is 1250. The molecule has 0 spiro atoms. The maximum atomic E-state index is 14.7. The Labute approximate surface area is 207 Å². The van der Waals surface area contributed by atoms with E-state index in [2.05, 4.69) is 4.90 Å².